The van der Waals surface area contributed by atoms with Crippen molar-refractivity contribution in [2.75, 3.05) is 26.7 Å². The molecule has 1 aromatic heterocycles. The van der Waals surface area contributed by atoms with Gasteiger partial charge in [0.2, 0.25) is 0 Å². The molecule has 1 saturated heterocycles. The molecule has 124 valence electrons. The average molecular weight is 324 g/mol. The Bertz CT molecular complexity index is 480. The molecule has 1 atom stereocenters. The van der Waals surface area contributed by atoms with Gasteiger partial charge >= 0.3 is 0 Å². The molecule has 0 aliphatic carbocycles. The van der Waals surface area contributed by atoms with Gasteiger partial charge in [0.25, 0.3) is 0 Å². The van der Waals surface area contributed by atoms with Crippen LogP contribution in [0.1, 0.15) is 43.3 Å². The van der Waals surface area contributed by atoms with Crippen LogP contribution in [0.5, 0.6) is 0 Å². The average Bonchev–Trinajstić information content (AvgIpc) is 3.11. The highest BCUT2D eigenvalue weighted by molar-refractivity contribution is 7.09. The number of hydrogen-bond acceptors (Lipinski definition) is 4. The van der Waals surface area contributed by atoms with E-state index in [0.29, 0.717) is 0 Å². The van der Waals surface area contributed by atoms with Gasteiger partial charge in [0.15, 0.2) is 5.96 Å². The van der Waals surface area contributed by atoms with E-state index in [1.807, 2.05) is 14.0 Å². The monoisotopic (exact) mass is 324 g/mol. The van der Waals surface area contributed by atoms with Gasteiger partial charge < -0.3 is 15.4 Å². The van der Waals surface area contributed by atoms with E-state index in [0.717, 1.165) is 63.5 Å². The van der Waals surface area contributed by atoms with Crippen LogP contribution in [0.15, 0.2) is 10.4 Å². The second-order valence-electron chi connectivity index (χ2n) is 6.09. The van der Waals surface area contributed by atoms with E-state index in [2.05, 4.69) is 32.9 Å². The lowest BCUT2D eigenvalue weighted by Crippen LogP contribution is -2.45. The summed E-state index contributed by atoms with van der Waals surface area (Å²) in [5.41, 5.74) is 1.09. The third kappa shape index (κ3) is 5.57. The second kappa shape index (κ2) is 8.48. The maximum Gasteiger partial charge on any atom is 0.191 e. The van der Waals surface area contributed by atoms with Gasteiger partial charge in [-0.05, 0) is 46.0 Å². The molecule has 5 nitrogen and oxygen atoms in total. The lowest BCUT2D eigenvalue weighted by atomic mass is 10.0. The molecule has 0 saturated carbocycles. The van der Waals surface area contributed by atoms with Gasteiger partial charge in [0.05, 0.1) is 10.6 Å². The fraction of sp³-hybridized carbons (Fsp3) is 0.750. The quantitative estimate of drug-likeness (QED) is 0.460. The van der Waals surface area contributed by atoms with Crippen LogP contribution in [0, 0.1) is 6.92 Å². The standard InChI is InChI=1S/C16H28N4OS/c1-13-11-22-14(20-13)7-4-5-9-18-15(17-3)19-12-16(2)8-6-10-21-16/h11H,4-10,12H2,1-3H3,(H2,17,18,19). The van der Waals surface area contributed by atoms with Crippen LogP contribution in [-0.2, 0) is 11.2 Å². The van der Waals surface area contributed by atoms with Gasteiger partial charge in [-0.1, -0.05) is 0 Å². The van der Waals surface area contributed by atoms with Gasteiger partial charge in [-0.2, -0.15) is 0 Å². The largest absolute Gasteiger partial charge is 0.373 e. The molecule has 0 radical (unpaired) electrons. The van der Waals surface area contributed by atoms with Gasteiger partial charge in [-0.25, -0.2) is 4.98 Å². The number of aliphatic imine (C=N–C) groups is 1. The predicted molar refractivity (Wildman–Crippen MR) is 92.7 cm³/mol. The van der Waals surface area contributed by atoms with Gasteiger partial charge in [0, 0.05) is 37.8 Å². The van der Waals surface area contributed by atoms with Crippen LogP contribution in [-0.4, -0.2) is 43.3 Å². The van der Waals surface area contributed by atoms with Gasteiger partial charge in [0.1, 0.15) is 0 Å². The zero-order valence-corrected chi connectivity index (χ0v) is 14.8. The highest BCUT2D eigenvalue weighted by atomic mass is 32.1. The zero-order valence-electron chi connectivity index (χ0n) is 13.9. The SMILES string of the molecule is CN=C(NCCCCc1nc(C)cs1)NCC1(C)CCCO1. The Morgan fingerprint density at radius 2 is 2.32 bits per heavy atom. The van der Waals surface area contributed by atoms with E-state index in [-0.39, 0.29) is 5.60 Å². The maximum absolute atomic E-state index is 5.78. The summed E-state index contributed by atoms with van der Waals surface area (Å²) in [6.45, 7) is 6.83. The molecule has 1 aromatic rings. The Balaban J connectivity index is 1.58. The first-order chi connectivity index (χ1) is 10.6. The van der Waals surface area contributed by atoms with Crippen LogP contribution >= 0.6 is 11.3 Å². The van der Waals surface area contributed by atoms with E-state index in [1.54, 1.807) is 11.3 Å². The summed E-state index contributed by atoms with van der Waals surface area (Å²) in [7, 11) is 1.81. The molecule has 2 heterocycles. The van der Waals surface area contributed by atoms with Crippen molar-refractivity contribution in [2.45, 2.75) is 51.6 Å². The summed E-state index contributed by atoms with van der Waals surface area (Å²) in [6.07, 6.45) is 5.60. The fourth-order valence-corrected chi connectivity index (χ4v) is 3.41. The molecular formula is C16H28N4OS. The van der Waals surface area contributed by atoms with Crippen LogP contribution in [0.4, 0.5) is 0 Å². The van der Waals surface area contributed by atoms with E-state index in [1.165, 1.54) is 5.01 Å². The first kappa shape index (κ1) is 17.2. The number of guanidine groups is 1. The molecule has 0 spiro atoms. The third-order valence-corrected chi connectivity index (χ3v) is 4.96. The smallest absolute Gasteiger partial charge is 0.191 e. The summed E-state index contributed by atoms with van der Waals surface area (Å²) >= 11 is 1.76. The lowest BCUT2D eigenvalue weighted by Gasteiger charge is -2.24. The highest BCUT2D eigenvalue weighted by Crippen LogP contribution is 2.23. The van der Waals surface area contributed by atoms with E-state index in [4.69, 9.17) is 4.74 Å². The number of ether oxygens (including phenoxy) is 1. The molecule has 2 N–H and O–H groups in total. The molecule has 1 aliphatic heterocycles. The molecule has 1 fully saturated rings. The summed E-state index contributed by atoms with van der Waals surface area (Å²) in [6, 6.07) is 0. The number of nitrogens with zero attached hydrogens (tertiary/aromatic N) is 2. The molecular weight excluding hydrogens is 296 g/mol. The van der Waals surface area contributed by atoms with Gasteiger partial charge in [-0.15, -0.1) is 11.3 Å². The zero-order chi connectivity index (χ0) is 15.8. The number of rotatable bonds is 7. The summed E-state index contributed by atoms with van der Waals surface area (Å²) in [5, 5.41) is 10.1. The predicted octanol–water partition coefficient (Wildman–Crippen LogP) is 2.51. The van der Waals surface area contributed by atoms with Crippen molar-refractivity contribution >= 4 is 17.3 Å². The summed E-state index contributed by atoms with van der Waals surface area (Å²) in [4.78, 5) is 8.76. The number of aromatic nitrogens is 1. The fourth-order valence-electron chi connectivity index (χ4n) is 2.59. The van der Waals surface area contributed by atoms with Crippen molar-refractivity contribution in [3.8, 4) is 0 Å². The normalized spacial score (nSPS) is 22.0. The second-order valence-corrected chi connectivity index (χ2v) is 7.04. The molecule has 0 amide bonds. The summed E-state index contributed by atoms with van der Waals surface area (Å²) in [5.74, 6) is 0.863. The third-order valence-electron chi connectivity index (χ3n) is 3.93. The molecule has 0 aromatic carbocycles. The maximum atomic E-state index is 5.78. The molecule has 22 heavy (non-hydrogen) atoms. The number of unbranched alkanes of at least 4 members (excludes halogenated alkanes) is 1. The van der Waals surface area contributed by atoms with E-state index < -0.39 is 0 Å². The molecule has 6 heteroatoms. The number of hydrogen-bond donors (Lipinski definition) is 2. The minimum atomic E-state index is -0.0413. The van der Waals surface area contributed by atoms with E-state index in [9.17, 15) is 0 Å². The van der Waals surface area contributed by atoms with Crippen molar-refractivity contribution in [1.82, 2.24) is 15.6 Å². The Morgan fingerprint density at radius 1 is 1.45 bits per heavy atom. The summed E-state index contributed by atoms with van der Waals surface area (Å²) < 4.78 is 5.78. The van der Waals surface area contributed by atoms with Crippen molar-refractivity contribution in [2.24, 2.45) is 4.99 Å². The van der Waals surface area contributed by atoms with E-state index >= 15 is 0 Å². The Hall–Kier alpha value is -1.14. The number of aryl methyl sites for hydroxylation is 2. The van der Waals surface area contributed by atoms with Crippen LogP contribution in [0.3, 0.4) is 0 Å². The van der Waals surface area contributed by atoms with Crippen molar-refractivity contribution in [1.29, 1.82) is 0 Å². The molecule has 1 aliphatic rings. The Kier molecular flexibility index (Phi) is 6.64. The number of nitrogens with one attached hydrogen (secondary N) is 2. The number of thiazole rings is 1. The Labute approximate surface area is 137 Å². The van der Waals surface area contributed by atoms with Crippen molar-refractivity contribution < 1.29 is 4.74 Å². The first-order valence-electron chi connectivity index (χ1n) is 8.11. The molecule has 0 bridgehead atoms. The van der Waals surface area contributed by atoms with Crippen molar-refractivity contribution in [3.05, 3.63) is 16.1 Å². The van der Waals surface area contributed by atoms with Crippen LogP contribution in [0.2, 0.25) is 0 Å². The lowest BCUT2D eigenvalue weighted by molar-refractivity contribution is 0.0243. The minimum Gasteiger partial charge on any atom is -0.373 e. The highest BCUT2D eigenvalue weighted by Gasteiger charge is 2.29. The van der Waals surface area contributed by atoms with Gasteiger partial charge in [-0.3, -0.25) is 4.99 Å². The van der Waals surface area contributed by atoms with Crippen molar-refractivity contribution in [3.63, 3.8) is 0 Å². The topological polar surface area (TPSA) is 58.5 Å². The van der Waals surface area contributed by atoms with Crippen LogP contribution in [0.25, 0.3) is 0 Å². The molecule has 1 unspecified atom stereocenters. The first-order valence-corrected chi connectivity index (χ1v) is 8.99. The Morgan fingerprint density at radius 3 is 2.95 bits per heavy atom. The minimum absolute atomic E-state index is 0.0413. The van der Waals surface area contributed by atoms with Crippen LogP contribution < -0.4 is 10.6 Å². The molecule has 2 rings (SSSR count).